The molecule has 4 amide bonds. The number of benzene rings is 4. The van der Waals surface area contributed by atoms with Crippen LogP contribution in [0.5, 0.6) is 0 Å². The van der Waals surface area contributed by atoms with Gasteiger partial charge in [0.15, 0.2) is 5.11 Å². The van der Waals surface area contributed by atoms with E-state index in [1.165, 1.54) is 58.9 Å². The molecule has 62 heavy (non-hydrogen) atoms. The van der Waals surface area contributed by atoms with Gasteiger partial charge in [-0.25, -0.2) is 13.9 Å². The van der Waals surface area contributed by atoms with Crippen LogP contribution in [0, 0.1) is 23.0 Å². The highest BCUT2D eigenvalue weighted by Gasteiger charge is 2.51. The van der Waals surface area contributed by atoms with Crippen LogP contribution in [0.3, 0.4) is 0 Å². The van der Waals surface area contributed by atoms with Gasteiger partial charge in [-0.1, -0.05) is 24.3 Å². The third kappa shape index (κ3) is 8.20. The van der Waals surface area contributed by atoms with Crippen molar-refractivity contribution in [2.75, 3.05) is 42.5 Å². The molecule has 2 aliphatic rings. The molecule has 2 N–H and O–H groups in total. The van der Waals surface area contributed by atoms with Crippen LogP contribution in [0.1, 0.15) is 63.4 Å². The van der Waals surface area contributed by atoms with E-state index in [1.807, 2.05) is 0 Å². The summed E-state index contributed by atoms with van der Waals surface area (Å²) in [6, 6.07) is 18.8. The second-order valence-corrected chi connectivity index (χ2v) is 15.4. The lowest BCUT2D eigenvalue weighted by Gasteiger charge is -2.35. The third-order valence-corrected chi connectivity index (χ3v) is 11.1. The Balaban J connectivity index is 0.932. The molecular weight excluding hydrogens is 836 g/mol. The SMILES string of the molecule is CC1(C)C(=O)N(c2ccc(C#N)c(C(F)(F)F)c2)C(=S)N1c1ccc(C(=O)NCCC(=O)N2CCN(C(=O)c3cc(Cc4n[nH]c(=O)c5ccccc45)ccc3F)CC2)c(F)c1. The number of nitrogens with one attached hydrogen (secondary N) is 2. The van der Waals surface area contributed by atoms with Gasteiger partial charge in [0, 0.05) is 56.6 Å². The number of carbonyl (C=O) groups is 4. The summed E-state index contributed by atoms with van der Waals surface area (Å²) in [5, 5.41) is 19.1. The lowest BCUT2D eigenvalue weighted by Crippen LogP contribution is -2.51. The average Bonchev–Trinajstić information content (AvgIpc) is 3.43. The van der Waals surface area contributed by atoms with Crippen LogP contribution in [0.4, 0.5) is 33.3 Å². The average molecular weight is 871 g/mol. The number of nitriles is 1. The van der Waals surface area contributed by atoms with E-state index < -0.39 is 52.2 Å². The summed E-state index contributed by atoms with van der Waals surface area (Å²) in [7, 11) is 0. The second kappa shape index (κ2) is 16.8. The van der Waals surface area contributed by atoms with Crippen LogP contribution in [-0.2, 0) is 22.2 Å². The number of hydrogen-bond donors (Lipinski definition) is 2. The minimum Gasteiger partial charge on any atom is -0.351 e. The van der Waals surface area contributed by atoms with Crippen LogP contribution in [0.15, 0.2) is 83.7 Å². The van der Waals surface area contributed by atoms with Gasteiger partial charge in [-0.15, -0.1) is 0 Å². The number of fused-ring (bicyclic) bond motifs is 1. The zero-order chi connectivity index (χ0) is 44.7. The summed E-state index contributed by atoms with van der Waals surface area (Å²) in [6.07, 6.45) is -4.82. The van der Waals surface area contributed by atoms with Gasteiger partial charge in [0.2, 0.25) is 5.91 Å². The first-order chi connectivity index (χ1) is 29.4. The Labute approximate surface area is 355 Å². The van der Waals surface area contributed by atoms with Gasteiger partial charge >= 0.3 is 6.18 Å². The van der Waals surface area contributed by atoms with E-state index in [0.29, 0.717) is 28.1 Å². The van der Waals surface area contributed by atoms with Gasteiger partial charge in [0.1, 0.15) is 17.2 Å². The van der Waals surface area contributed by atoms with E-state index in [1.54, 1.807) is 24.3 Å². The third-order valence-electron chi connectivity index (χ3n) is 10.8. The van der Waals surface area contributed by atoms with E-state index in [0.717, 1.165) is 29.2 Å². The van der Waals surface area contributed by atoms with Crippen molar-refractivity contribution < 1.29 is 41.1 Å². The minimum atomic E-state index is -4.89. The van der Waals surface area contributed by atoms with Crippen molar-refractivity contribution in [2.24, 2.45) is 0 Å². The highest BCUT2D eigenvalue weighted by Crippen LogP contribution is 2.40. The summed E-state index contributed by atoms with van der Waals surface area (Å²) in [5.41, 5.74) is -3.33. The maximum atomic E-state index is 15.5. The number of piperazine rings is 1. The minimum absolute atomic E-state index is 0.0367. The van der Waals surface area contributed by atoms with Crippen LogP contribution < -0.4 is 20.7 Å². The first-order valence-corrected chi connectivity index (χ1v) is 19.5. The van der Waals surface area contributed by atoms with Gasteiger partial charge in [-0.05, 0) is 86.2 Å². The molecule has 318 valence electrons. The van der Waals surface area contributed by atoms with Gasteiger partial charge in [0.25, 0.3) is 23.3 Å². The molecular formula is C43H35F5N8O5S. The Morgan fingerprint density at radius 2 is 1.55 bits per heavy atom. The molecule has 4 aromatic carbocycles. The maximum absolute atomic E-state index is 15.5. The number of thiocarbonyl (C=S) groups is 1. The molecule has 0 spiro atoms. The molecule has 0 unspecified atom stereocenters. The number of aromatic amines is 1. The summed E-state index contributed by atoms with van der Waals surface area (Å²) in [4.78, 5) is 70.2. The topological polar surface area (TPSA) is 163 Å². The summed E-state index contributed by atoms with van der Waals surface area (Å²) in [5.74, 6) is -4.17. The van der Waals surface area contributed by atoms with Crippen molar-refractivity contribution in [2.45, 2.75) is 38.4 Å². The first-order valence-electron chi connectivity index (χ1n) is 19.1. The predicted octanol–water partition coefficient (Wildman–Crippen LogP) is 5.70. The van der Waals surface area contributed by atoms with Gasteiger partial charge < -0.3 is 20.0 Å². The summed E-state index contributed by atoms with van der Waals surface area (Å²) in [6.45, 7) is 3.26. The Morgan fingerprint density at radius 1 is 0.871 bits per heavy atom. The van der Waals surface area contributed by atoms with Crippen LogP contribution >= 0.6 is 12.2 Å². The lowest BCUT2D eigenvalue weighted by molar-refractivity contribution is -0.138. The number of amides is 4. The number of halogens is 5. The van der Waals surface area contributed by atoms with Gasteiger partial charge in [-0.2, -0.15) is 23.5 Å². The van der Waals surface area contributed by atoms with Crippen molar-refractivity contribution in [3.8, 4) is 6.07 Å². The number of anilines is 2. The Hall–Kier alpha value is -7.07. The number of H-pyrrole nitrogens is 1. The Kier molecular flexibility index (Phi) is 11.6. The van der Waals surface area contributed by atoms with Crippen molar-refractivity contribution in [3.05, 3.63) is 134 Å². The van der Waals surface area contributed by atoms with Crippen molar-refractivity contribution >= 4 is 63.1 Å². The smallest absolute Gasteiger partial charge is 0.351 e. The van der Waals surface area contributed by atoms with E-state index in [9.17, 15) is 46.8 Å². The molecule has 2 aliphatic heterocycles. The highest BCUT2D eigenvalue weighted by molar-refractivity contribution is 7.81. The number of nitrogens with zero attached hydrogens (tertiary/aromatic N) is 6. The predicted molar refractivity (Wildman–Crippen MR) is 220 cm³/mol. The number of carbonyl (C=O) groups excluding carboxylic acids is 4. The normalized spacial score (nSPS) is 15.3. The lowest BCUT2D eigenvalue weighted by atomic mass is 10.0. The van der Waals surface area contributed by atoms with Crippen LogP contribution in [0.2, 0.25) is 0 Å². The molecule has 0 aliphatic carbocycles. The van der Waals surface area contributed by atoms with E-state index >= 15 is 4.39 Å². The Morgan fingerprint density at radius 3 is 2.23 bits per heavy atom. The zero-order valence-corrected chi connectivity index (χ0v) is 33.8. The second-order valence-electron chi connectivity index (χ2n) is 15.0. The fourth-order valence-corrected chi connectivity index (χ4v) is 8.02. The molecule has 2 saturated heterocycles. The molecule has 7 rings (SSSR count). The quantitative estimate of drug-likeness (QED) is 0.140. The van der Waals surface area contributed by atoms with Crippen molar-refractivity contribution in [1.82, 2.24) is 25.3 Å². The van der Waals surface area contributed by atoms with Crippen LogP contribution in [-0.4, -0.2) is 87.0 Å². The van der Waals surface area contributed by atoms with Gasteiger partial charge in [-0.3, -0.25) is 28.9 Å². The molecule has 0 bridgehead atoms. The largest absolute Gasteiger partial charge is 0.417 e. The molecule has 13 nitrogen and oxygen atoms in total. The molecule has 0 radical (unpaired) electrons. The number of rotatable bonds is 9. The molecule has 3 heterocycles. The van der Waals surface area contributed by atoms with Gasteiger partial charge in [0.05, 0.1) is 45.1 Å². The number of aromatic nitrogens is 2. The van der Waals surface area contributed by atoms with Crippen molar-refractivity contribution in [1.29, 1.82) is 5.26 Å². The fourth-order valence-electron chi connectivity index (χ4n) is 7.50. The summed E-state index contributed by atoms with van der Waals surface area (Å²) >= 11 is 5.50. The molecule has 0 saturated carbocycles. The zero-order valence-electron chi connectivity index (χ0n) is 33.0. The molecule has 5 aromatic rings. The molecule has 1 aromatic heterocycles. The molecule has 19 heteroatoms. The maximum Gasteiger partial charge on any atom is 0.417 e. The van der Waals surface area contributed by atoms with E-state index in [-0.39, 0.29) is 84.6 Å². The number of alkyl halides is 3. The number of hydrogen-bond acceptors (Lipinski definition) is 8. The summed E-state index contributed by atoms with van der Waals surface area (Å²) < 4.78 is 71.6. The highest BCUT2D eigenvalue weighted by atomic mass is 32.1. The molecule has 2 fully saturated rings. The standard InChI is InChI=1S/C43H35F5N8O5S/c1-42(2)40(61)55(26-9-8-25(23-49)32(21-26)43(46,47)48)41(62)56(42)27-10-11-30(34(45)22-27)37(58)50-14-13-36(57)53-15-17-54(18-16-53)39(60)31-19-24(7-12-33(31)44)20-35-28-5-3-4-6-29(28)38(59)52-51-35/h3-12,19,21-22H,13-18,20H2,1-2H3,(H,50,58)(H,52,59). The van der Waals surface area contributed by atoms with Crippen molar-refractivity contribution in [3.63, 3.8) is 0 Å². The fraction of sp³-hybridized carbons (Fsp3) is 0.256. The monoisotopic (exact) mass is 870 g/mol. The van der Waals surface area contributed by atoms with E-state index in [2.05, 4.69) is 15.5 Å². The van der Waals surface area contributed by atoms with E-state index in [4.69, 9.17) is 12.2 Å². The Bertz CT molecular complexity index is 2780. The first kappa shape index (κ1) is 43.0. The van der Waals surface area contributed by atoms with Crippen LogP contribution in [0.25, 0.3) is 10.8 Å². The molecule has 0 atom stereocenters.